The van der Waals surface area contributed by atoms with Crippen molar-refractivity contribution in [2.45, 2.75) is 35.3 Å². The Morgan fingerprint density at radius 3 is 2.47 bits per heavy atom. The predicted octanol–water partition coefficient (Wildman–Crippen LogP) is 2.33. The number of esters is 1. The quantitative estimate of drug-likeness (QED) is 0.592. The van der Waals surface area contributed by atoms with E-state index in [0.717, 1.165) is 0 Å². The molecule has 0 rings (SSSR count). The number of carboxylic acids is 1. The zero-order valence-electron chi connectivity index (χ0n) is 8.63. The number of ether oxygens (including phenoxy) is 1. The molecule has 0 aliphatic rings. The maximum Gasteiger partial charge on any atom is 0.322 e. The molecule has 0 saturated heterocycles. The van der Waals surface area contributed by atoms with Gasteiger partial charge in [0.05, 0.1) is 7.11 Å². The zero-order chi connectivity index (χ0) is 12.1. The van der Waals surface area contributed by atoms with Gasteiger partial charge < -0.3 is 9.84 Å². The van der Waals surface area contributed by atoms with Crippen LogP contribution < -0.4 is 0 Å². The Bertz CT molecular complexity index is 240. The Hall–Kier alpha value is -0.100. The molecule has 0 saturated carbocycles. The van der Waals surface area contributed by atoms with E-state index in [9.17, 15) is 9.59 Å². The highest BCUT2D eigenvalue weighted by atomic mass is 79.9. The van der Waals surface area contributed by atoms with E-state index in [4.69, 9.17) is 5.11 Å². The highest BCUT2D eigenvalue weighted by molar-refractivity contribution is 9.10. The van der Waals surface area contributed by atoms with Gasteiger partial charge in [0.25, 0.3) is 0 Å². The summed E-state index contributed by atoms with van der Waals surface area (Å²) in [4.78, 5) is 21.2. The van der Waals surface area contributed by atoms with E-state index >= 15 is 0 Å². The highest BCUT2D eigenvalue weighted by Gasteiger charge is 2.30. The number of halogens is 2. The summed E-state index contributed by atoms with van der Waals surface area (Å²) in [6.07, 6.45) is 1.64. The molecule has 0 bridgehead atoms. The average molecular weight is 346 g/mol. The van der Waals surface area contributed by atoms with Gasteiger partial charge in [-0.2, -0.15) is 0 Å². The molecule has 0 aromatic carbocycles. The van der Waals surface area contributed by atoms with Crippen LogP contribution >= 0.6 is 31.9 Å². The largest absolute Gasteiger partial charge is 0.480 e. The molecule has 0 radical (unpaired) electrons. The van der Waals surface area contributed by atoms with E-state index in [-0.39, 0.29) is 5.97 Å². The third-order valence-corrected chi connectivity index (χ3v) is 3.55. The van der Waals surface area contributed by atoms with Crippen molar-refractivity contribution in [2.75, 3.05) is 7.11 Å². The van der Waals surface area contributed by atoms with Gasteiger partial charge in [0.15, 0.2) is 0 Å². The van der Waals surface area contributed by atoms with Crippen LogP contribution in [0.5, 0.6) is 0 Å². The summed E-state index contributed by atoms with van der Waals surface area (Å²) in [5.41, 5.74) is 0. The molecule has 0 fully saturated rings. The lowest BCUT2D eigenvalue weighted by Gasteiger charge is -2.19. The number of alkyl halides is 2. The summed E-state index contributed by atoms with van der Waals surface area (Å²) in [6, 6.07) is 0. The minimum absolute atomic E-state index is 0.344. The Kier molecular flexibility index (Phi) is 6.43. The smallest absolute Gasteiger partial charge is 0.322 e. The minimum Gasteiger partial charge on any atom is -0.480 e. The topological polar surface area (TPSA) is 63.6 Å². The fourth-order valence-electron chi connectivity index (χ4n) is 1.05. The first-order valence-corrected chi connectivity index (χ1v) is 6.16. The maximum absolute atomic E-state index is 11.2. The van der Waals surface area contributed by atoms with Gasteiger partial charge in [-0.25, -0.2) is 0 Å². The summed E-state index contributed by atoms with van der Waals surface area (Å²) in [6.45, 7) is 1.71. The normalized spacial score (nSPS) is 16.5. The lowest BCUT2D eigenvalue weighted by Crippen LogP contribution is -2.29. The molecule has 0 spiro atoms. The van der Waals surface area contributed by atoms with Crippen LogP contribution in [-0.2, 0) is 14.3 Å². The van der Waals surface area contributed by atoms with E-state index in [0.29, 0.717) is 19.3 Å². The Morgan fingerprint density at radius 1 is 1.53 bits per heavy atom. The van der Waals surface area contributed by atoms with Crippen molar-refractivity contribution in [1.82, 2.24) is 0 Å². The number of hydrogen-bond donors (Lipinski definition) is 1. The van der Waals surface area contributed by atoms with E-state index in [1.165, 1.54) is 7.11 Å². The molecule has 0 aromatic rings. The third-order valence-electron chi connectivity index (χ3n) is 1.98. The molecule has 0 amide bonds. The third kappa shape index (κ3) is 5.51. The van der Waals surface area contributed by atoms with Gasteiger partial charge >= 0.3 is 11.9 Å². The SMILES string of the molecule is COC(=O)C(C)(Br)CCCC(Br)C(=O)O. The second-order valence-corrected chi connectivity index (χ2v) is 6.24. The van der Waals surface area contributed by atoms with Crippen LogP contribution in [0.4, 0.5) is 0 Å². The second-order valence-electron chi connectivity index (χ2n) is 3.39. The highest BCUT2D eigenvalue weighted by Crippen LogP contribution is 2.27. The number of aliphatic carboxylic acids is 1. The molecule has 0 aliphatic heterocycles. The standard InChI is InChI=1S/C9H14Br2O4/c1-9(11,8(14)15-2)5-3-4-6(10)7(12)13/h6H,3-5H2,1-2H3,(H,12,13). The lowest BCUT2D eigenvalue weighted by atomic mass is 10.0. The maximum atomic E-state index is 11.2. The zero-order valence-corrected chi connectivity index (χ0v) is 11.8. The van der Waals surface area contributed by atoms with Gasteiger partial charge in [-0.1, -0.05) is 31.9 Å². The number of hydrogen-bond acceptors (Lipinski definition) is 3. The van der Waals surface area contributed by atoms with Gasteiger partial charge in [-0.3, -0.25) is 9.59 Å². The fraction of sp³-hybridized carbons (Fsp3) is 0.778. The molecule has 88 valence electrons. The number of carbonyl (C=O) groups is 2. The minimum atomic E-state index is -0.885. The number of rotatable bonds is 6. The molecule has 0 heterocycles. The van der Waals surface area contributed by atoms with Gasteiger partial charge in [0.2, 0.25) is 0 Å². The van der Waals surface area contributed by atoms with Gasteiger partial charge in [-0.05, 0) is 26.2 Å². The van der Waals surface area contributed by atoms with Crippen molar-refractivity contribution in [1.29, 1.82) is 0 Å². The fourth-order valence-corrected chi connectivity index (χ4v) is 1.82. The monoisotopic (exact) mass is 344 g/mol. The predicted molar refractivity (Wildman–Crippen MR) is 63.5 cm³/mol. The van der Waals surface area contributed by atoms with E-state index < -0.39 is 15.1 Å². The summed E-state index contributed by atoms with van der Waals surface area (Å²) < 4.78 is 3.88. The van der Waals surface area contributed by atoms with Crippen molar-refractivity contribution >= 4 is 43.8 Å². The van der Waals surface area contributed by atoms with Gasteiger partial charge in [0, 0.05) is 0 Å². The summed E-state index contributed by atoms with van der Waals surface area (Å²) in [5.74, 6) is -1.23. The van der Waals surface area contributed by atoms with Crippen LogP contribution in [0.2, 0.25) is 0 Å². The number of carbonyl (C=O) groups excluding carboxylic acids is 1. The van der Waals surface area contributed by atoms with Crippen LogP contribution in [0, 0.1) is 0 Å². The van der Waals surface area contributed by atoms with E-state index in [1.807, 2.05) is 0 Å². The average Bonchev–Trinajstić information content (AvgIpc) is 2.15. The number of carboxylic acid groups (broad SMARTS) is 1. The molecule has 6 heteroatoms. The van der Waals surface area contributed by atoms with Gasteiger partial charge in [-0.15, -0.1) is 0 Å². The van der Waals surface area contributed by atoms with Crippen LogP contribution in [0.1, 0.15) is 26.2 Å². The number of methoxy groups -OCH3 is 1. The molecular weight excluding hydrogens is 332 g/mol. The molecule has 2 atom stereocenters. The molecular formula is C9H14Br2O4. The summed E-state index contributed by atoms with van der Waals surface area (Å²) >= 11 is 6.29. The molecule has 4 nitrogen and oxygen atoms in total. The second kappa shape index (κ2) is 6.48. The molecule has 0 aliphatic carbocycles. The Morgan fingerprint density at radius 2 is 2.07 bits per heavy atom. The van der Waals surface area contributed by atoms with Gasteiger partial charge in [0.1, 0.15) is 9.15 Å². The lowest BCUT2D eigenvalue weighted by molar-refractivity contribution is -0.143. The molecule has 2 unspecified atom stereocenters. The first-order valence-electron chi connectivity index (χ1n) is 4.45. The van der Waals surface area contributed by atoms with Crippen LogP contribution in [-0.4, -0.2) is 33.3 Å². The van der Waals surface area contributed by atoms with E-state index in [1.54, 1.807) is 6.92 Å². The van der Waals surface area contributed by atoms with Crippen molar-refractivity contribution < 1.29 is 19.4 Å². The van der Waals surface area contributed by atoms with Crippen molar-refractivity contribution in [3.63, 3.8) is 0 Å². The van der Waals surface area contributed by atoms with E-state index in [2.05, 4.69) is 36.6 Å². The molecule has 1 N–H and O–H groups in total. The Labute approximate surface area is 106 Å². The van der Waals surface area contributed by atoms with Crippen LogP contribution in [0.25, 0.3) is 0 Å². The summed E-state index contributed by atoms with van der Waals surface area (Å²) in [7, 11) is 1.33. The van der Waals surface area contributed by atoms with Crippen LogP contribution in [0.15, 0.2) is 0 Å². The first kappa shape index (κ1) is 14.9. The summed E-state index contributed by atoms with van der Waals surface area (Å²) in [5, 5.41) is 8.62. The van der Waals surface area contributed by atoms with Crippen LogP contribution in [0.3, 0.4) is 0 Å². The molecule has 0 aromatic heterocycles. The first-order chi connectivity index (χ1) is 6.81. The van der Waals surface area contributed by atoms with Crippen molar-refractivity contribution in [3.8, 4) is 0 Å². The Balaban J connectivity index is 3.95. The van der Waals surface area contributed by atoms with Crippen molar-refractivity contribution in [3.05, 3.63) is 0 Å². The van der Waals surface area contributed by atoms with Crippen molar-refractivity contribution in [2.24, 2.45) is 0 Å². The molecule has 15 heavy (non-hydrogen) atoms.